The number of benzene rings is 2. The lowest BCUT2D eigenvalue weighted by atomic mass is 9.87. The minimum atomic E-state index is -3.29. The number of imide groups is 1. The van der Waals surface area contributed by atoms with E-state index < -0.39 is 33.5 Å². The maximum Gasteiger partial charge on any atom is 0.343 e. The van der Waals surface area contributed by atoms with E-state index in [4.69, 9.17) is 4.74 Å². The van der Waals surface area contributed by atoms with Crippen molar-refractivity contribution in [3.8, 4) is 5.75 Å². The van der Waals surface area contributed by atoms with Gasteiger partial charge in [-0.15, -0.1) is 0 Å². The number of hydrogen-bond donors (Lipinski definition) is 2. The maximum atomic E-state index is 12.5. The molecule has 10 heteroatoms. The molecule has 162 valence electrons. The SMILES string of the molecule is CC[C@@]1(c2ccc(OC(=O)c3ccc(N4CCCS4(=O)=O)cc3)cc2)NC(=O)NC1=O. The first-order valence-corrected chi connectivity index (χ1v) is 11.4. The van der Waals surface area contributed by atoms with Crippen LogP contribution in [0, 0.1) is 0 Å². The summed E-state index contributed by atoms with van der Waals surface area (Å²) in [5.74, 6) is -0.626. The second-order valence-electron chi connectivity index (χ2n) is 7.37. The van der Waals surface area contributed by atoms with E-state index in [0.29, 0.717) is 30.6 Å². The molecule has 3 amide bonds. The van der Waals surface area contributed by atoms with Crippen molar-refractivity contribution in [2.45, 2.75) is 25.3 Å². The van der Waals surface area contributed by atoms with Crippen LogP contribution in [0.4, 0.5) is 10.5 Å². The molecule has 0 aromatic heterocycles. The molecule has 2 aliphatic heterocycles. The molecule has 1 atom stereocenters. The number of urea groups is 1. The zero-order valence-corrected chi connectivity index (χ0v) is 17.6. The van der Waals surface area contributed by atoms with Crippen molar-refractivity contribution in [2.24, 2.45) is 0 Å². The number of nitrogens with one attached hydrogen (secondary N) is 2. The van der Waals surface area contributed by atoms with E-state index >= 15 is 0 Å². The van der Waals surface area contributed by atoms with E-state index in [1.54, 1.807) is 43.3 Å². The number of sulfonamides is 1. The summed E-state index contributed by atoms with van der Waals surface area (Å²) in [6.45, 7) is 2.21. The number of esters is 1. The standard InChI is InChI=1S/C21H21N3O6S/c1-2-21(19(26)22-20(27)23-21)15-6-10-17(11-7-15)30-18(25)14-4-8-16(9-5-14)24-12-3-13-31(24,28)29/h4-11H,2-3,12-13H2,1H3,(H2,22,23,26,27)/t21-/m0/s1. The molecule has 2 heterocycles. The number of rotatable bonds is 5. The Kier molecular flexibility index (Phi) is 5.18. The lowest BCUT2D eigenvalue weighted by Gasteiger charge is -2.24. The van der Waals surface area contributed by atoms with Crippen LogP contribution in [0.15, 0.2) is 48.5 Å². The Labute approximate surface area is 179 Å². The Hall–Kier alpha value is -3.40. The van der Waals surface area contributed by atoms with Gasteiger partial charge in [-0.25, -0.2) is 18.0 Å². The number of carbonyl (C=O) groups is 3. The summed E-state index contributed by atoms with van der Waals surface area (Å²) in [5, 5.41) is 4.89. The first kappa shape index (κ1) is 20.9. The van der Waals surface area contributed by atoms with E-state index in [0.717, 1.165) is 0 Å². The van der Waals surface area contributed by atoms with Crippen molar-refractivity contribution in [3.63, 3.8) is 0 Å². The molecule has 0 aliphatic carbocycles. The average molecular weight is 443 g/mol. The second kappa shape index (κ2) is 7.69. The van der Waals surface area contributed by atoms with Gasteiger partial charge in [-0.05, 0) is 54.8 Å². The monoisotopic (exact) mass is 443 g/mol. The Morgan fingerprint density at radius 3 is 2.29 bits per heavy atom. The lowest BCUT2D eigenvalue weighted by Crippen LogP contribution is -2.43. The quantitative estimate of drug-likeness (QED) is 0.413. The van der Waals surface area contributed by atoms with Crippen LogP contribution >= 0.6 is 0 Å². The Morgan fingerprint density at radius 1 is 1.10 bits per heavy atom. The van der Waals surface area contributed by atoms with E-state index in [-0.39, 0.29) is 17.1 Å². The third kappa shape index (κ3) is 3.74. The molecule has 2 saturated heterocycles. The highest BCUT2D eigenvalue weighted by Crippen LogP contribution is 2.30. The summed E-state index contributed by atoms with van der Waals surface area (Å²) in [5.41, 5.74) is 0.220. The fourth-order valence-corrected chi connectivity index (χ4v) is 5.38. The van der Waals surface area contributed by atoms with Gasteiger partial charge in [0.25, 0.3) is 5.91 Å². The Morgan fingerprint density at radius 2 is 1.77 bits per heavy atom. The molecule has 2 aromatic carbocycles. The molecule has 2 aromatic rings. The van der Waals surface area contributed by atoms with Gasteiger partial charge in [-0.1, -0.05) is 19.1 Å². The molecule has 0 radical (unpaired) electrons. The topological polar surface area (TPSA) is 122 Å². The van der Waals surface area contributed by atoms with Crippen molar-refractivity contribution < 1.29 is 27.5 Å². The van der Waals surface area contributed by atoms with Crippen LogP contribution in [0.25, 0.3) is 0 Å². The molecule has 0 unspecified atom stereocenters. The fourth-order valence-electron chi connectivity index (χ4n) is 3.81. The number of carbonyl (C=O) groups excluding carboxylic acids is 3. The molecule has 0 saturated carbocycles. The van der Waals surface area contributed by atoms with Crippen LogP contribution < -0.4 is 19.7 Å². The Balaban J connectivity index is 1.47. The zero-order valence-electron chi connectivity index (χ0n) is 16.8. The molecular weight excluding hydrogens is 422 g/mol. The first-order chi connectivity index (χ1) is 14.7. The minimum Gasteiger partial charge on any atom is -0.423 e. The first-order valence-electron chi connectivity index (χ1n) is 9.82. The van der Waals surface area contributed by atoms with Crippen molar-refractivity contribution >= 4 is 33.6 Å². The smallest absolute Gasteiger partial charge is 0.343 e. The van der Waals surface area contributed by atoms with Gasteiger partial charge in [0, 0.05) is 6.54 Å². The largest absolute Gasteiger partial charge is 0.423 e. The molecule has 4 rings (SSSR count). The number of anilines is 1. The molecule has 2 fully saturated rings. The van der Waals surface area contributed by atoms with E-state index in [9.17, 15) is 22.8 Å². The van der Waals surface area contributed by atoms with Gasteiger partial charge in [0.05, 0.1) is 17.0 Å². The summed E-state index contributed by atoms with van der Waals surface area (Å²) in [6, 6.07) is 12.0. The predicted octanol–water partition coefficient (Wildman–Crippen LogP) is 1.89. The minimum absolute atomic E-state index is 0.122. The van der Waals surface area contributed by atoms with Crippen LogP contribution in [0.3, 0.4) is 0 Å². The highest BCUT2D eigenvalue weighted by Gasteiger charge is 2.46. The van der Waals surface area contributed by atoms with Gasteiger partial charge in [0.15, 0.2) is 0 Å². The highest BCUT2D eigenvalue weighted by molar-refractivity contribution is 7.93. The molecule has 31 heavy (non-hydrogen) atoms. The lowest BCUT2D eigenvalue weighted by molar-refractivity contribution is -0.124. The molecule has 0 spiro atoms. The summed E-state index contributed by atoms with van der Waals surface area (Å²) >= 11 is 0. The third-order valence-corrected chi connectivity index (χ3v) is 7.39. The van der Waals surface area contributed by atoms with Crippen LogP contribution in [-0.2, 0) is 20.4 Å². The summed E-state index contributed by atoms with van der Waals surface area (Å²) in [6.07, 6.45) is 0.940. The average Bonchev–Trinajstić information content (AvgIpc) is 3.26. The molecule has 0 bridgehead atoms. The molecule has 2 N–H and O–H groups in total. The van der Waals surface area contributed by atoms with Crippen LogP contribution in [-0.4, -0.2) is 38.6 Å². The van der Waals surface area contributed by atoms with E-state index in [2.05, 4.69) is 10.6 Å². The summed E-state index contributed by atoms with van der Waals surface area (Å²) in [4.78, 5) is 36.2. The van der Waals surface area contributed by atoms with Gasteiger partial charge >= 0.3 is 12.0 Å². The number of amides is 3. The van der Waals surface area contributed by atoms with Crippen molar-refractivity contribution in [1.29, 1.82) is 0 Å². The number of ether oxygens (including phenoxy) is 1. The van der Waals surface area contributed by atoms with Gasteiger partial charge < -0.3 is 10.1 Å². The van der Waals surface area contributed by atoms with Gasteiger partial charge in [0.2, 0.25) is 10.0 Å². The zero-order chi connectivity index (χ0) is 22.2. The predicted molar refractivity (Wildman–Crippen MR) is 112 cm³/mol. The van der Waals surface area contributed by atoms with Crippen molar-refractivity contribution in [3.05, 3.63) is 59.7 Å². The van der Waals surface area contributed by atoms with Crippen LogP contribution in [0.1, 0.15) is 35.7 Å². The highest BCUT2D eigenvalue weighted by atomic mass is 32.2. The maximum absolute atomic E-state index is 12.5. The molecular formula is C21H21N3O6S. The van der Waals surface area contributed by atoms with Crippen LogP contribution in [0.2, 0.25) is 0 Å². The van der Waals surface area contributed by atoms with Gasteiger partial charge in [-0.2, -0.15) is 0 Å². The normalized spacial score (nSPS) is 22.2. The third-order valence-electron chi connectivity index (χ3n) is 5.52. The van der Waals surface area contributed by atoms with E-state index in [1.165, 1.54) is 16.4 Å². The van der Waals surface area contributed by atoms with Crippen LogP contribution in [0.5, 0.6) is 5.75 Å². The molecule has 2 aliphatic rings. The van der Waals surface area contributed by atoms with Gasteiger partial charge in [-0.3, -0.25) is 14.4 Å². The summed E-state index contributed by atoms with van der Waals surface area (Å²) in [7, 11) is -3.29. The summed E-state index contributed by atoms with van der Waals surface area (Å²) < 4.78 is 30.7. The van der Waals surface area contributed by atoms with Gasteiger partial charge in [0.1, 0.15) is 11.3 Å². The number of nitrogens with zero attached hydrogens (tertiary/aromatic N) is 1. The van der Waals surface area contributed by atoms with Crippen molar-refractivity contribution in [1.82, 2.24) is 10.6 Å². The van der Waals surface area contributed by atoms with Crippen molar-refractivity contribution in [2.75, 3.05) is 16.6 Å². The second-order valence-corrected chi connectivity index (χ2v) is 9.38. The number of hydrogen-bond acceptors (Lipinski definition) is 6. The van der Waals surface area contributed by atoms with E-state index in [1.807, 2.05) is 0 Å². The fraction of sp³-hybridized carbons (Fsp3) is 0.286. The molecule has 9 nitrogen and oxygen atoms in total. The Bertz CT molecular complexity index is 1140.